The number of carbonyl (C=O) groups is 1. The molecule has 3 heteroatoms. The van der Waals surface area contributed by atoms with Crippen molar-refractivity contribution in [2.24, 2.45) is 0 Å². The van der Waals surface area contributed by atoms with E-state index in [1.165, 1.54) is 5.56 Å². The number of nitrogens with one attached hydrogen (secondary N) is 1. The van der Waals surface area contributed by atoms with Crippen molar-refractivity contribution in [1.29, 1.82) is 5.26 Å². The quantitative estimate of drug-likeness (QED) is 0.834. The lowest BCUT2D eigenvalue weighted by molar-refractivity contribution is 0.0913. The molecule has 1 amide bonds. The monoisotopic (exact) mass is 270 g/mol. The van der Waals surface area contributed by atoms with Gasteiger partial charge in [-0.2, -0.15) is 5.26 Å². The van der Waals surface area contributed by atoms with Crippen molar-refractivity contribution in [3.63, 3.8) is 0 Å². The highest BCUT2D eigenvalue weighted by Crippen LogP contribution is 2.27. The Labute approximate surface area is 121 Å². The van der Waals surface area contributed by atoms with Gasteiger partial charge < -0.3 is 5.32 Å². The van der Waals surface area contributed by atoms with Crippen LogP contribution < -0.4 is 5.32 Å². The zero-order chi connectivity index (χ0) is 14.6. The summed E-state index contributed by atoms with van der Waals surface area (Å²) in [6.07, 6.45) is 5.87. The lowest BCUT2D eigenvalue weighted by atomic mass is 9.91. The van der Waals surface area contributed by atoms with Crippen molar-refractivity contribution in [2.75, 3.05) is 0 Å². The van der Waals surface area contributed by atoms with E-state index in [4.69, 9.17) is 0 Å². The molecule has 0 radical (unpaired) electrons. The number of nitrogens with zero attached hydrogens (tertiary/aromatic N) is 1. The van der Waals surface area contributed by atoms with E-state index < -0.39 is 5.54 Å². The van der Waals surface area contributed by atoms with Crippen molar-refractivity contribution in [1.82, 2.24) is 5.32 Å². The van der Waals surface area contributed by atoms with Gasteiger partial charge in [0.25, 0.3) is 5.91 Å². The van der Waals surface area contributed by atoms with Crippen LogP contribution in [0, 0.1) is 25.2 Å². The van der Waals surface area contributed by atoms with Crippen molar-refractivity contribution >= 4 is 5.91 Å². The number of amides is 1. The summed E-state index contributed by atoms with van der Waals surface area (Å²) in [5, 5.41) is 12.5. The molecule has 106 valence electrons. The summed E-state index contributed by atoms with van der Waals surface area (Å²) < 4.78 is 0. The molecule has 1 saturated carbocycles. The van der Waals surface area contributed by atoms with Crippen LogP contribution in [0.3, 0.4) is 0 Å². The first-order valence-corrected chi connectivity index (χ1v) is 7.37. The van der Waals surface area contributed by atoms with Gasteiger partial charge >= 0.3 is 0 Å². The second-order valence-corrected chi connectivity index (χ2v) is 5.86. The summed E-state index contributed by atoms with van der Waals surface area (Å²) in [5.41, 5.74) is 2.24. The molecule has 1 aromatic rings. The maximum atomic E-state index is 12.4. The van der Waals surface area contributed by atoms with Gasteiger partial charge in [-0.3, -0.25) is 4.79 Å². The summed E-state index contributed by atoms with van der Waals surface area (Å²) in [4.78, 5) is 12.4. The minimum atomic E-state index is -0.674. The van der Waals surface area contributed by atoms with Gasteiger partial charge in [0.05, 0.1) is 6.07 Å². The zero-order valence-electron chi connectivity index (χ0n) is 12.3. The highest BCUT2D eigenvalue weighted by atomic mass is 16.1. The molecule has 1 N–H and O–H groups in total. The molecule has 1 aliphatic rings. The Balaban J connectivity index is 2.16. The average molecular weight is 270 g/mol. The summed E-state index contributed by atoms with van der Waals surface area (Å²) in [6.45, 7) is 4.02. The fourth-order valence-corrected chi connectivity index (χ4v) is 2.77. The van der Waals surface area contributed by atoms with Gasteiger partial charge in [-0.25, -0.2) is 0 Å². The van der Waals surface area contributed by atoms with Crippen LogP contribution in [0.1, 0.15) is 60.0 Å². The Morgan fingerprint density at radius 3 is 2.35 bits per heavy atom. The van der Waals surface area contributed by atoms with Crippen LogP contribution in [-0.2, 0) is 0 Å². The number of rotatable bonds is 2. The van der Waals surface area contributed by atoms with E-state index >= 15 is 0 Å². The maximum absolute atomic E-state index is 12.4. The smallest absolute Gasteiger partial charge is 0.252 e. The second-order valence-electron chi connectivity index (χ2n) is 5.86. The second kappa shape index (κ2) is 6.09. The van der Waals surface area contributed by atoms with E-state index in [-0.39, 0.29) is 5.91 Å². The van der Waals surface area contributed by atoms with Crippen LogP contribution in [-0.4, -0.2) is 11.4 Å². The molecule has 1 fully saturated rings. The third kappa shape index (κ3) is 3.19. The molecular weight excluding hydrogens is 248 g/mol. The number of carbonyl (C=O) groups excluding carboxylic acids is 1. The standard InChI is InChI=1S/C17H22N2O/c1-13-7-8-15(11-14(13)2)16(20)19-17(12-18)9-5-3-4-6-10-17/h7-8,11H,3-6,9-10H2,1-2H3,(H,19,20). The minimum Gasteiger partial charge on any atom is -0.334 e. The highest BCUT2D eigenvalue weighted by molar-refractivity contribution is 5.95. The van der Waals surface area contributed by atoms with Crippen molar-refractivity contribution in [3.05, 3.63) is 34.9 Å². The SMILES string of the molecule is Cc1ccc(C(=O)NC2(C#N)CCCCCC2)cc1C. The summed E-state index contributed by atoms with van der Waals surface area (Å²) in [5.74, 6) is -0.128. The predicted molar refractivity (Wildman–Crippen MR) is 79.4 cm³/mol. The van der Waals surface area contributed by atoms with E-state index in [2.05, 4.69) is 11.4 Å². The van der Waals surface area contributed by atoms with Gasteiger partial charge in [0.15, 0.2) is 0 Å². The molecule has 1 aromatic carbocycles. The molecular formula is C17H22N2O. The first-order chi connectivity index (χ1) is 9.56. The molecule has 3 nitrogen and oxygen atoms in total. The number of aryl methyl sites for hydroxylation is 2. The first-order valence-electron chi connectivity index (χ1n) is 7.37. The van der Waals surface area contributed by atoms with Gasteiger partial charge in [0.1, 0.15) is 5.54 Å². The molecule has 0 saturated heterocycles. The zero-order valence-corrected chi connectivity index (χ0v) is 12.3. The number of benzene rings is 1. The van der Waals surface area contributed by atoms with E-state index in [9.17, 15) is 10.1 Å². The summed E-state index contributed by atoms with van der Waals surface area (Å²) in [7, 11) is 0. The van der Waals surface area contributed by atoms with Crippen LogP contribution in [0.4, 0.5) is 0 Å². The largest absolute Gasteiger partial charge is 0.334 e. The van der Waals surface area contributed by atoms with Crippen LogP contribution in [0.15, 0.2) is 18.2 Å². The molecule has 0 bridgehead atoms. The molecule has 0 heterocycles. The maximum Gasteiger partial charge on any atom is 0.252 e. The van der Waals surface area contributed by atoms with E-state index in [1.807, 2.05) is 32.0 Å². The van der Waals surface area contributed by atoms with Crippen LogP contribution in [0.25, 0.3) is 0 Å². The Morgan fingerprint density at radius 1 is 1.15 bits per heavy atom. The van der Waals surface area contributed by atoms with Gasteiger partial charge in [-0.1, -0.05) is 31.7 Å². The van der Waals surface area contributed by atoms with E-state index in [0.717, 1.165) is 44.1 Å². The number of nitriles is 1. The summed E-state index contributed by atoms with van der Waals surface area (Å²) >= 11 is 0. The van der Waals surface area contributed by atoms with E-state index in [1.54, 1.807) is 0 Å². The highest BCUT2D eigenvalue weighted by Gasteiger charge is 2.32. The number of hydrogen-bond donors (Lipinski definition) is 1. The predicted octanol–water partition coefficient (Wildman–Crippen LogP) is 3.65. The fraction of sp³-hybridized carbons (Fsp3) is 0.529. The molecule has 0 spiro atoms. The molecule has 20 heavy (non-hydrogen) atoms. The molecule has 0 atom stereocenters. The molecule has 0 aliphatic heterocycles. The topological polar surface area (TPSA) is 52.9 Å². The Morgan fingerprint density at radius 2 is 1.80 bits per heavy atom. The van der Waals surface area contributed by atoms with Crippen LogP contribution >= 0.6 is 0 Å². The molecule has 1 aliphatic carbocycles. The van der Waals surface area contributed by atoms with E-state index in [0.29, 0.717) is 5.56 Å². The minimum absolute atomic E-state index is 0.128. The third-order valence-corrected chi connectivity index (χ3v) is 4.29. The molecule has 0 aromatic heterocycles. The summed E-state index contributed by atoms with van der Waals surface area (Å²) in [6, 6.07) is 8.03. The van der Waals surface area contributed by atoms with Gasteiger partial charge in [-0.15, -0.1) is 0 Å². The van der Waals surface area contributed by atoms with Crippen molar-refractivity contribution in [2.45, 2.75) is 57.9 Å². The normalized spacial score (nSPS) is 17.9. The lowest BCUT2D eigenvalue weighted by Crippen LogP contribution is -2.47. The van der Waals surface area contributed by atoms with Crippen LogP contribution in [0.2, 0.25) is 0 Å². The Kier molecular flexibility index (Phi) is 4.44. The Hall–Kier alpha value is -1.82. The average Bonchev–Trinajstić information content (AvgIpc) is 2.68. The van der Waals surface area contributed by atoms with Gasteiger partial charge in [-0.05, 0) is 49.9 Å². The van der Waals surface area contributed by atoms with Crippen LogP contribution in [0.5, 0.6) is 0 Å². The third-order valence-electron chi connectivity index (χ3n) is 4.29. The lowest BCUT2D eigenvalue weighted by Gasteiger charge is -2.26. The molecule has 2 rings (SSSR count). The van der Waals surface area contributed by atoms with Crippen molar-refractivity contribution in [3.8, 4) is 6.07 Å². The Bertz CT molecular complexity index is 534. The van der Waals surface area contributed by atoms with Gasteiger partial charge in [0.2, 0.25) is 0 Å². The number of hydrogen-bond acceptors (Lipinski definition) is 2. The first kappa shape index (κ1) is 14.6. The molecule has 0 unspecified atom stereocenters. The van der Waals surface area contributed by atoms with Gasteiger partial charge in [0, 0.05) is 5.56 Å². The van der Waals surface area contributed by atoms with Crippen molar-refractivity contribution < 1.29 is 4.79 Å². The fourth-order valence-electron chi connectivity index (χ4n) is 2.77.